The minimum absolute atomic E-state index is 0.107. The molecular formula is C29H54O2. The fraction of sp³-hybridized carbons (Fsp3) is 0.828. The molecule has 0 bridgehead atoms. The first-order valence-corrected chi connectivity index (χ1v) is 13.6. The maximum atomic E-state index is 11.0. The number of esters is 1. The Bertz CT molecular complexity index is 424. The number of rotatable bonds is 23. The van der Waals surface area contributed by atoms with Gasteiger partial charge in [0.05, 0.1) is 7.11 Å². The first-order valence-electron chi connectivity index (χ1n) is 13.6. The molecule has 0 heterocycles. The molecule has 0 amide bonds. The Morgan fingerprint density at radius 3 is 1.55 bits per heavy atom. The van der Waals surface area contributed by atoms with Crippen LogP contribution in [-0.2, 0) is 9.53 Å². The fourth-order valence-corrected chi connectivity index (χ4v) is 3.86. The van der Waals surface area contributed by atoms with Crippen molar-refractivity contribution >= 4 is 5.97 Å². The Labute approximate surface area is 195 Å². The maximum absolute atomic E-state index is 11.0. The van der Waals surface area contributed by atoms with Crippen LogP contribution < -0.4 is 0 Å². The predicted octanol–water partition coefficient (Wildman–Crippen LogP) is 9.73. The van der Waals surface area contributed by atoms with Gasteiger partial charge in [-0.2, -0.15) is 0 Å². The molecule has 0 aromatic rings. The van der Waals surface area contributed by atoms with Crippen LogP contribution in [0.15, 0.2) is 24.3 Å². The molecule has 0 rings (SSSR count). The van der Waals surface area contributed by atoms with Gasteiger partial charge in [0.1, 0.15) is 0 Å². The summed E-state index contributed by atoms with van der Waals surface area (Å²) >= 11 is 0. The highest BCUT2D eigenvalue weighted by Gasteiger charge is 1.98. The SMILES string of the molecule is CCC(C)CCCCCCCCCCCCCCC=CCCC=CCCCC(=O)OC. The van der Waals surface area contributed by atoms with Gasteiger partial charge in [0, 0.05) is 6.42 Å². The highest BCUT2D eigenvalue weighted by Crippen LogP contribution is 2.15. The Balaban J connectivity index is 3.18. The van der Waals surface area contributed by atoms with E-state index < -0.39 is 0 Å². The largest absolute Gasteiger partial charge is 0.469 e. The van der Waals surface area contributed by atoms with Crippen molar-refractivity contribution in [1.29, 1.82) is 0 Å². The van der Waals surface area contributed by atoms with Crippen LogP contribution in [0, 0.1) is 5.92 Å². The lowest BCUT2D eigenvalue weighted by molar-refractivity contribution is -0.140. The van der Waals surface area contributed by atoms with Crippen molar-refractivity contribution < 1.29 is 9.53 Å². The number of hydrogen-bond acceptors (Lipinski definition) is 2. The topological polar surface area (TPSA) is 26.3 Å². The molecule has 1 unspecified atom stereocenters. The number of allylic oxidation sites excluding steroid dienone is 4. The summed E-state index contributed by atoms with van der Waals surface area (Å²) in [5.41, 5.74) is 0. The summed E-state index contributed by atoms with van der Waals surface area (Å²) in [6, 6.07) is 0. The molecule has 0 aromatic carbocycles. The number of unbranched alkanes of at least 4 members (excludes halogenated alkanes) is 14. The summed E-state index contributed by atoms with van der Waals surface area (Å²) in [6.45, 7) is 4.70. The average Bonchev–Trinajstić information content (AvgIpc) is 2.79. The number of hydrogen-bond donors (Lipinski definition) is 0. The number of ether oxygens (including phenoxy) is 1. The van der Waals surface area contributed by atoms with E-state index in [0.717, 1.165) is 31.6 Å². The maximum Gasteiger partial charge on any atom is 0.305 e. The molecule has 0 aromatic heterocycles. The minimum atomic E-state index is -0.107. The number of carbonyl (C=O) groups excluding carboxylic acids is 1. The van der Waals surface area contributed by atoms with Crippen molar-refractivity contribution in [1.82, 2.24) is 0 Å². The van der Waals surface area contributed by atoms with E-state index in [1.165, 1.54) is 103 Å². The van der Waals surface area contributed by atoms with Crippen LogP contribution in [0.25, 0.3) is 0 Å². The molecule has 0 aliphatic heterocycles. The summed E-state index contributed by atoms with van der Waals surface area (Å²) < 4.78 is 4.63. The van der Waals surface area contributed by atoms with E-state index in [0.29, 0.717) is 6.42 Å². The number of methoxy groups -OCH3 is 1. The minimum Gasteiger partial charge on any atom is -0.469 e. The second kappa shape index (κ2) is 25.2. The molecule has 0 spiro atoms. The van der Waals surface area contributed by atoms with Crippen LogP contribution >= 0.6 is 0 Å². The van der Waals surface area contributed by atoms with Crippen LogP contribution in [0.5, 0.6) is 0 Å². The first-order chi connectivity index (χ1) is 15.2. The quantitative estimate of drug-likeness (QED) is 0.0908. The van der Waals surface area contributed by atoms with Gasteiger partial charge >= 0.3 is 5.97 Å². The highest BCUT2D eigenvalue weighted by molar-refractivity contribution is 5.69. The zero-order valence-electron chi connectivity index (χ0n) is 21.3. The van der Waals surface area contributed by atoms with E-state index in [1.807, 2.05) is 0 Å². The normalized spacial score (nSPS) is 12.7. The Hall–Kier alpha value is -1.05. The van der Waals surface area contributed by atoms with Gasteiger partial charge in [-0.3, -0.25) is 4.79 Å². The first kappa shape index (κ1) is 29.9. The van der Waals surface area contributed by atoms with Crippen molar-refractivity contribution in [2.24, 2.45) is 5.92 Å². The Morgan fingerprint density at radius 1 is 0.645 bits per heavy atom. The molecule has 2 heteroatoms. The van der Waals surface area contributed by atoms with Gasteiger partial charge in [-0.25, -0.2) is 0 Å². The zero-order chi connectivity index (χ0) is 22.8. The average molecular weight is 435 g/mol. The lowest BCUT2D eigenvalue weighted by atomic mass is 9.99. The van der Waals surface area contributed by atoms with Crippen molar-refractivity contribution in [3.8, 4) is 0 Å². The third-order valence-electron chi connectivity index (χ3n) is 6.33. The lowest BCUT2D eigenvalue weighted by Crippen LogP contribution is -1.98. The second-order valence-corrected chi connectivity index (χ2v) is 9.32. The molecule has 0 aliphatic rings. The molecule has 1 atom stereocenters. The van der Waals surface area contributed by atoms with Crippen LogP contribution in [0.2, 0.25) is 0 Å². The summed E-state index contributed by atoms with van der Waals surface area (Å²) in [6.07, 6.45) is 34.9. The van der Waals surface area contributed by atoms with Crippen LogP contribution in [0.1, 0.15) is 142 Å². The zero-order valence-corrected chi connectivity index (χ0v) is 21.3. The number of carbonyl (C=O) groups is 1. The van der Waals surface area contributed by atoms with Gasteiger partial charge < -0.3 is 4.74 Å². The fourth-order valence-electron chi connectivity index (χ4n) is 3.86. The van der Waals surface area contributed by atoms with Gasteiger partial charge in [-0.05, 0) is 44.4 Å². The molecule has 182 valence electrons. The predicted molar refractivity (Wildman–Crippen MR) is 137 cm³/mol. The molecule has 0 N–H and O–H groups in total. The highest BCUT2D eigenvalue weighted by atomic mass is 16.5. The Kier molecular flexibility index (Phi) is 24.4. The lowest BCUT2D eigenvalue weighted by Gasteiger charge is -2.07. The third-order valence-corrected chi connectivity index (χ3v) is 6.33. The second-order valence-electron chi connectivity index (χ2n) is 9.32. The molecular weight excluding hydrogens is 380 g/mol. The van der Waals surface area contributed by atoms with Gasteiger partial charge in [-0.1, -0.05) is 122 Å². The monoisotopic (exact) mass is 434 g/mol. The van der Waals surface area contributed by atoms with Gasteiger partial charge in [-0.15, -0.1) is 0 Å². The standard InChI is InChI=1S/C29H54O2/c1-4-28(2)26-24-22-20-18-16-14-12-10-8-6-5-7-9-11-13-15-17-19-21-23-25-27-29(30)31-3/h11,13,19,21,28H,4-10,12,14-18,20,22-27H2,1-3H3. The van der Waals surface area contributed by atoms with E-state index in [-0.39, 0.29) is 5.97 Å². The molecule has 0 aliphatic carbocycles. The molecule has 0 saturated heterocycles. The van der Waals surface area contributed by atoms with Gasteiger partial charge in [0.15, 0.2) is 0 Å². The van der Waals surface area contributed by atoms with Gasteiger partial charge in [0.2, 0.25) is 0 Å². The van der Waals surface area contributed by atoms with Crippen LogP contribution in [0.3, 0.4) is 0 Å². The molecule has 2 nitrogen and oxygen atoms in total. The summed E-state index contributed by atoms with van der Waals surface area (Å²) in [4.78, 5) is 11.0. The molecule has 31 heavy (non-hydrogen) atoms. The third kappa shape index (κ3) is 25.1. The van der Waals surface area contributed by atoms with Crippen molar-refractivity contribution in [2.75, 3.05) is 7.11 Å². The van der Waals surface area contributed by atoms with E-state index >= 15 is 0 Å². The van der Waals surface area contributed by atoms with Gasteiger partial charge in [0.25, 0.3) is 0 Å². The van der Waals surface area contributed by atoms with E-state index in [4.69, 9.17) is 0 Å². The van der Waals surface area contributed by atoms with Crippen molar-refractivity contribution in [3.05, 3.63) is 24.3 Å². The van der Waals surface area contributed by atoms with Crippen LogP contribution in [0.4, 0.5) is 0 Å². The molecule has 0 fully saturated rings. The van der Waals surface area contributed by atoms with E-state index in [2.05, 4.69) is 42.9 Å². The van der Waals surface area contributed by atoms with Crippen LogP contribution in [-0.4, -0.2) is 13.1 Å². The smallest absolute Gasteiger partial charge is 0.305 e. The molecule has 0 saturated carbocycles. The van der Waals surface area contributed by atoms with E-state index in [1.54, 1.807) is 0 Å². The van der Waals surface area contributed by atoms with Crippen molar-refractivity contribution in [2.45, 2.75) is 142 Å². The molecule has 0 radical (unpaired) electrons. The summed E-state index contributed by atoms with van der Waals surface area (Å²) in [7, 11) is 1.45. The summed E-state index contributed by atoms with van der Waals surface area (Å²) in [5.74, 6) is 0.825. The van der Waals surface area contributed by atoms with Crippen molar-refractivity contribution in [3.63, 3.8) is 0 Å². The summed E-state index contributed by atoms with van der Waals surface area (Å²) in [5, 5.41) is 0. The Morgan fingerprint density at radius 2 is 1.06 bits per heavy atom. The van der Waals surface area contributed by atoms with E-state index in [9.17, 15) is 4.79 Å².